The Morgan fingerprint density at radius 1 is 1.06 bits per heavy atom. The molecule has 96 valence electrons. The van der Waals surface area contributed by atoms with Crippen LogP contribution in [0.25, 0.3) is 0 Å². The molecular formula is C16H27N. The van der Waals surface area contributed by atoms with Crippen LogP contribution in [0, 0.1) is 5.92 Å². The van der Waals surface area contributed by atoms with E-state index in [1.165, 1.54) is 17.5 Å². The zero-order chi connectivity index (χ0) is 12.7. The molecule has 1 heteroatoms. The Morgan fingerprint density at radius 3 is 2.24 bits per heavy atom. The summed E-state index contributed by atoms with van der Waals surface area (Å²) in [7, 11) is 0. The molecule has 0 heterocycles. The minimum absolute atomic E-state index is 0.683. The van der Waals surface area contributed by atoms with Crippen LogP contribution in [0.3, 0.4) is 0 Å². The average Bonchev–Trinajstić information content (AvgIpc) is 2.34. The molecule has 1 atom stereocenters. The molecule has 0 fully saturated rings. The summed E-state index contributed by atoms with van der Waals surface area (Å²) in [5, 5.41) is 3.48. The highest BCUT2D eigenvalue weighted by Gasteiger charge is 2.02. The molecule has 17 heavy (non-hydrogen) atoms. The normalized spacial score (nSPS) is 13.0. The van der Waals surface area contributed by atoms with Gasteiger partial charge in [-0.3, -0.25) is 0 Å². The van der Waals surface area contributed by atoms with Crippen LogP contribution in [-0.2, 0) is 6.42 Å². The molecule has 0 aromatic heterocycles. The van der Waals surface area contributed by atoms with Crippen LogP contribution in [-0.4, -0.2) is 13.1 Å². The van der Waals surface area contributed by atoms with Gasteiger partial charge in [0, 0.05) is 0 Å². The van der Waals surface area contributed by atoms with Crippen LogP contribution in [0.5, 0.6) is 0 Å². The lowest BCUT2D eigenvalue weighted by atomic mass is 9.97. The predicted octanol–water partition coefficient (Wildman–Crippen LogP) is 3.99. The Labute approximate surface area is 107 Å². The maximum Gasteiger partial charge on any atom is -0.000824 e. The van der Waals surface area contributed by atoms with Gasteiger partial charge in [-0.2, -0.15) is 0 Å². The first-order valence-corrected chi connectivity index (χ1v) is 6.93. The van der Waals surface area contributed by atoms with Gasteiger partial charge >= 0.3 is 0 Å². The van der Waals surface area contributed by atoms with Crippen molar-refractivity contribution in [3.63, 3.8) is 0 Å². The van der Waals surface area contributed by atoms with Gasteiger partial charge < -0.3 is 5.32 Å². The van der Waals surface area contributed by atoms with Crippen molar-refractivity contribution in [3.05, 3.63) is 35.4 Å². The largest absolute Gasteiger partial charge is 0.316 e. The van der Waals surface area contributed by atoms with Gasteiger partial charge in [0.05, 0.1) is 0 Å². The summed E-state index contributed by atoms with van der Waals surface area (Å²) in [5.41, 5.74) is 2.90. The van der Waals surface area contributed by atoms with Crippen LogP contribution in [0.4, 0.5) is 0 Å². The van der Waals surface area contributed by atoms with Gasteiger partial charge in [0.15, 0.2) is 0 Å². The molecule has 0 aliphatic heterocycles. The predicted molar refractivity (Wildman–Crippen MR) is 76.6 cm³/mol. The summed E-state index contributed by atoms with van der Waals surface area (Å²) in [4.78, 5) is 0. The number of nitrogens with one attached hydrogen (secondary N) is 1. The monoisotopic (exact) mass is 233 g/mol. The van der Waals surface area contributed by atoms with Gasteiger partial charge in [-0.05, 0) is 48.9 Å². The zero-order valence-corrected chi connectivity index (χ0v) is 11.8. The van der Waals surface area contributed by atoms with Gasteiger partial charge in [-0.25, -0.2) is 0 Å². The molecule has 0 saturated heterocycles. The van der Waals surface area contributed by atoms with Crippen molar-refractivity contribution in [1.82, 2.24) is 5.32 Å². The Kier molecular flexibility index (Phi) is 6.28. The molecule has 0 aliphatic carbocycles. The summed E-state index contributed by atoms with van der Waals surface area (Å²) < 4.78 is 0. The SMILES string of the molecule is CCC(C)c1ccc(CCNCC(C)C)cc1. The topological polar surface area (TPSA) is 12.0 Å². The molecule has 1 unspecified atom stereocenters. The molecule has 1 aromatic rings. The first kappa shape index (κ1) is 14.2. The van der Waals surface area contributed by atoms with E-state index < -0.39 is 0 Å². The average molecular weight is 233 g/mol. The van der Waals surface area contributed by atoms with Crippen molar-refractivity contribution in [2.24, 2.45) is 5.92 Å². The maximum atomic E-state index is 3.48. The van der Waals surface area contributed by atoms with E-state index in [1.54, 1.807) is 0 Å². The lowest BCUT2D eigenvalue weighted by molar-refractivity contribution is 0.554. The van der Waals surface area contributed by atoms with Gasteiger partial charge in [-0.15, -0.1) is 0 Å². The number of hydrogen-bond donors (Lipinski definition) is 1. The molecule has 1 rings (SSSR count). The van der Waals surface area contributed by atoms with E-state index in [1.807, 2.05) is 0 Å². The van der Waals surface area contributed by atoms with Crippen molar-refractivity contribution in [2.45, 2.75) is 46.5 Å². The number of rotatable bonds is 7. The molecule has 1 nitrogen and oxygen atoms in total. The lowest BCUT2D eigenvalue weighted by Crippen LogP contribution is -2.22. The molecule has 1 N–H and O–H groups in total. The van der Waals surface area contributed by atoms with E-state index in [0.29, 0.717) is 5.92 Å². The van der Waals surface area contributed by atoms with E-state index in [2.05, 4.69) is 57.3 Å². The first-order valence-electron chi connectivity index (χ1n) is 6.93. The van der Waals surface area contributed by atoms with Gasteiger partial charge in [0.2, 0.25) is 0 Å². The third kappa shape index (κ3) is 5.36. The Hall–Kier alpha value is -0.820. The van der Waals surface area contributed by atoms with E-state index >= 15 is 0 Å². The van der Waals surface area contributed by atoms with E-state index in [0.717, 1.165) is 25.4 Å². The minimum atomic E-state index is 0.683. The van der Waals surface area contributed by atoms with Gasteiger partial charge in [-0.1, -0.05) is 52.0 Å². The molecule has 0 bridgehead atoms. The van der Waals surface area contributed by atoms with Crippen molar-refractivity contribution < 1.29 is 0 Å². The number of hydrogen-bond acceptors (Lipinski definition) is 1. The van der Waals surface area contributed by atoms with Crippen molar-refractivity contribution in [2.75, 3.05) is 13.1 Å². The molecule has 0 spiro atoms. The number of benzene rings is 1. The highest BCUT2D eigenvalue weighted by atomic mass is 14.8. The van der Waals surface area contributed by atoms with Gasteiger partial charge in [0.1, 0.15) is 0 Å². The fourth-order valence-corrected chi connectivity index (χ4v) is 1.87. The third-order valence-corrected chi connectivity index (χ3v) is 3.30. The third-order valence-electron chi connectivity index (χ3n) is 3.30. The van der Waals surface area contributed by atoms with Gasteiger partial charge in [0.25, 0.3) is 0 Å². The fourth-order valence-electron chi connectivity index (χ4n) is 1.87. The van der Waals surface area contributed by atoms with Crippen molar-refractivity contribution in [3.8, 4) is 0 Å². The van der Waals surface area contributed by atoms with Crippen molar-refractivity contribution in [1.29, 1.82) is 0 Å². The van der Waals surface area contributed by atoms with Crippen molar-refractivity contribution >= 4 is 0 Å². The molecule has 1 aromatic carbocycles. The first-order chi connectivity index (χ1) is 8.13. The summed E-state index contributed by atoms with van der Waals surface area (Å²) >= 11 is 0. The van der Waals surface area contributed by atoms with Crippen LogP contribution in [0.2, 0.25) is 0 Å². The smallest absolute Gasteiger partial charge is 0.000824 e. The highest BCUT2D eigenvalue weighted by molar-refractivity contribution is 5.25. The van der Waals surface area contributed by atoms with Crippen LogP contribution in [0.15, 0.2) is 24.3 Å². The Morgan fingerprint density at radius 2 is 1.71 bits per heavy atom. The fraction of sp³-hybridized carbons (Fsp3) is 0.625. The van der Waals surface area contributed by atoms with E-state index in [-0.39, 0.29) is 0 Å². The summed E-state index contributed by atoms with van der Waals surface area (Å²) in [6, 6.07) is 9.12. The summed E-state index contributed by atoms with van der Waals surface area (Å²) in [5.74, 6) is 1.42. The minimum Gasteiger partial charge on any atom is -0.316 e. The standard InChI is InChI=1S/C16H27N/c1-5-14(4)16-8-6-15(7-9-16)10-11-17-12-13(2)3/h6-9,13-14,17H,5,10-12H2,1-4H3. The second-order valence-electron chi connectivity index (χ2n) is 5.40. The highest BCUT2D eigenvalue weighted by Crippen LogP contribution is 2.18. The summed E-state index contributed by atoms with van der Waals surface area (Å²) in [6.07, 6.45) is 2.35. The summed E-state index contributed by atoms with van der Waals surface area (Å²) in [6.45, 7) is 11.2. The van der Waals surface area contributed by atoms with E-state index in [9.17, 15) is 0 Å². The maximum absolute atomic E-state index is 3.48. The van der Waals surface area contributed by atoms with Crippen LogP contribution >= 0.6 is 0 Å². The Balaban J connectivity index is 2.35. The molecule has 0 aliphatic rings. The lowest BCUT2D eigenvalue weighted by Gasteiger charge is -2.10. The zero-order valence-electron chi connectivity index (χ0n) is 11.8. The molecule has 0 radical (unpaired) electrons. The molecular weight excluding hydrogens is 206 g/mol. The molecule has 0 saturated carbocycles. The van der Waals surface area contributed by atoms with E-state index in [4.69, 9.17) is 0 Å². The molecule has 0 amide bonds. The van der Waals surface area contributed by atoms with Crippen LogP contribution in [0.1, 0.15) is 51.2 Å². The second-order valence-corrected chi connectivity index (χ2v) is 5.40. The van der Waals surface area contributed by atoms with Crippen LogP contribution < -0.4 is 5.32 Å². The second kappa shape index (κ2) is 7.50. The quantitative estimate of drug-likeness (QED) is 0.702. The Bertz CT molecular complexity index is 300.